The Morgan fingerprint density at radius 2 is 2.10 bits per heavy atom. The van der Waals surface area contributed by atoms with Crippen molar-refractivity contribution < 1.29 is 14.2 Å². The van der Waals surface area contributed by atoms with Gasteiger partial charge in [0.2, 0.25) is 0 Å². The van der Waals surface area contributed by atoms with E-state index in [0.717, 1.165) is 0 Å². The lowest BCUT2D eigenvalue weighted by Crippen LogP contribution is -2.21. The van der Waals surface area contributed by atoms with E-state index in [1.54, 1.807) is 13.8 Å². The van der Waals surface area contributed by atoms with E-state index < -0.39 is 6.17 Å². The Kier molecular flexibility index (Phi) is 2.26. The molecule has 1 fully saturated rings. The maximum Gasteiger partial charge on any atom is 0.131 e. The highest BCUT2D eigenvalue weighted by molar-refractivity contribution is 4.85. The van der Waals surface area contributed by atoms with Crippen molar-refractivity contribution in [3.63, 3.8) is 0 Å². The average molecular weight is 148 g/mol. The summed E-state index contributed by atoms with van der Waals surface area (Å²) >= 11 is 0. The van der Waals surface area contributed by atoms with Gasteiger partial charge in [-0.2, -0.15) is 0 Å². The van der Waals surface area contributed by atoms with Crippen molar-refractivity contribution in [3.8, 4) is 0 Å². The number of hydrogen-bond acceptors (Lipinski definition) is 2. The molecule has 0 radical (unpaired) electrons. The minimum Gasteiger partial charge on any atom is -0.394 e. The first kappa shape index (κ1) is 7.95. The van der Waals surface area contributed by atoms with Gasteiger partial charge in [0.05, 0.1) is 18.8 Å². The third kappa shape index (κ3) is 1.16. The number of aliphatic hydroxyl groups is 1. The van der Waals surface area contributed by atoms with Gasteiger partial charge in [0.25, 0.3) is 0 Å². The van der Waals surface area contributed by atoms with Crippen LogP contribution in [0.4, 0.5) is 4.39 Å². The summed E-state index contributed by atoms with van der Waals surface area (Å²) in [5, 5.41) is 8.68. The third-order valence-electron chi connectivity index (χ3n) is 2.11. The first-order valence-electron chi connectivity index (χ1n) is 3.57. The number of rotatable bonds is 1. The van der Waals surface area contributed by atoms with Crippen LogP contribution in [0.1, 0.15) is 13.8 Å². The zero-order valence-corrected chi connectivity index (χ0v) is 6.25. The molecule has 10 heavy (non-hydrogen) atoms. The molecule has 0 spiro atoms. The second kappa shape index (κ2) is 2.84. The van der Waals surface area contributed by atoms with Gasteiger partial charge in [0.15, 0.2) is 0 Å². The predicted molar refractivity (Wildman–Crippen MR) is 35.5 cm³/mol. The van der Waals surface area contributed by atoms with E-state index in [9.17, 15) is 4.39 Å². The van der Waals surface area contributed by atoms with Crippen molar-refractivity contribution in [3.05, 3.63) is 0 Å². The summed E-state index contributed by atoms with van der Waals surface area (Å²) < 4.78 is 18.0. The molecule has 0 saturated carbocycles. The van der Waals surface area contributed by atoms with E-state index >= 15 is 0 Å². The normalized spacial score (nSPS) is 48.0. The molecule has 4 atom stereocenters. The molecule has 0 amide bonds. The maximum atomic E-state index is 12.9. The molecule has 0 aromatic rings. The van der Waals surface area contributed by atoms with Gasteiger partial charge in [-0.25, -0.2) is 4.39 Å². The van der Waals surface area contributed by atoms with E-state index in [4.69, 9.17) is 9.84 Å². The van der Waals surface area contributed by atoms with Crippen LogP contribution in [0.3, 0.4) is 0 Å². The highest BCUT2D eigenvalue weighted by atomic mass is 19.1. The van der Waals surface area contributed by atoms with Crippen LogP contribution in [0.2, 0.25) is 0 Å². The lowest BCUT2D eigenvalue weighted by atomic mass is 10.0. The van der Waals surface area contributed by atoms with Crippen LogP contribution in [0, 0.1) is 5.92 Å². The van der Waals surface area contributed by atoms with Gasteiger partial charge in [-0.1, -0.05) is 6.92 Å². The summed E-state index contributed by atoms with van der Waals surface area (Å²) in [4.78, 5) is 0. The number of hydrogen-bond donors (Lipinski definition) is 1. The Bertz CT molecular complexity index is 118. The third-order valence-corrected chi connectivity index (χ3v) is 2.11. The van der Waals surface area contributed by atoms with E-state index in [-0.39, 0.29) is 24.7 Å². The smallest absolute Gasteiger partial charge is 0.131 e. The molecule has 0 bridgehead atoms. The van der Waals surface area contributed by atoms with E-state index in [1.807, 2.05) is 0 Å². The summed E-state index contributed by atoms with van der Waals surface area (Å²) in [5.41, 5.74) is 0. The molecule has 1 rings (SSSR count). The van der Waals surface area contributed by atoms with Crippen LogP contribution in [0.15, 0.2) is 0 Å². The Morgan fingerprint density at radius 1 is 1.50 bits per heavy atom. The van der Waals surface area contributed by atoms with Crippen LogP contribution in [-0.2, 0) is 4.74 Å². The number of ether oxygens (including phenoxy) is 1. The Balaban J connectivity index is 2.53. The van der Waals surface area contributed by atoms with Gasteiger partial charge in [0, 0.05) is 5.92 Å². The molecular formula is C7H13FO2. The van der Waals surface area contributed by atoms with Gasteiger partial charge in [-0.05, 0) is 6.92 Å². The first-order valence-corrected chi connectivity index (χ1v) is 3.57. The first-order chi connectivity index (χ1) is 4.66. The fourth-order valence-electron chi connectivity index (χ4n) is 1.32. The summed E-state index contributed by atoms with van der Waals surface area (Å²) in [6.07, 6.45) is -1.57. The van der Waals surface area contributed by atoms with Crippen LogP contribution in [0.25, 0.3) is 0 Å². The highest BCUT2D eigenvalue weighted by Gasteiger charge is 2.38. The van der Waals surface area contributed by atoms with Crippen molar-refractivity contribution in [1.82, 2.24) is 0 Å². The van der Waals surface area contributed by atoms with Crippen molar-refractivity contribution >= 4 is 0 Å². The molecule has 0 aliphatic carbocycles. The average Bonchev–Trinajstić information content (AvgIpc) is 2.17. The van der Waals surface area contributed by atoms with E-state index in [1.165, 1.54) is 0 Å². The van der Waals surface area contributed by atoms with E-state index in [0.29, 0.717) is 0 Å². The summed E-state index contributed by atoms with van der Waals surface area (Å²) in [7, 11) is 0. The highest BCUT2D eigenvalue weighted by Crippen LogP contribution is 2.28. The predicted octanol–water partition coefficient (Wildman–Crippen LogP) is 0.740. The molecule has 1 saturated heterocycles. The maximum absolute atomic E-state index is 12.9. The van der Waals surface area contributed by atoms with Gasteiger partial charge in [-0.15, -0.1) is 0 Å². The second-order valence-corrected chi connectivity index (χ2v) is 2.87. The van der Waals surface area contributed by atoms with Gasteiger partial charge in [0.1, 0.15) is 6.17 Å². The molecule has 1 heterocycles. The van der Waals surface area contributed by atoms with Crippen molar-refractivity contribution in [1.29, 1.82) is 0 Å². The minimum absolute atomic E-state index is 0.0775. The number of aliphatic hydroxyl groups excluding tert-OH is 1. The SMILES string of the molecule is CC1OC(CO)C(C)C1F. The summed E-state index contributed by atoms with van der Waals surface area (Å²) in [6, 6.07) is 0. The van der Waals surface area contributed by atoms with Crippen LogP contribution in [0.5, 0.6) is 0 Å². The standard InChI is InChI=1S/C7H13FO2/c1-4-6(3-9)10-5(2)7(4)8/h4-7,9H,3H2,1-2H3. The van der Waals surface area contributed by atoms with Crippen molar-refractivity contribution in [2.45, 2.75) is 32.2 Å². The second-order valence-electron chi connectivity index (χ2n) is 2.87. The molecule has 3 heteroatoms. The molecule has 1 N–H and O–H groups in total. The van der Waals surface area contributed by atoms with Gasteiger partial charge in [-0.3, -0.25) is 0 Å². The van der Waals surface area contributed by atoms with Crippen LogP contribution >= 0.6 is 0 Å². The van der Waals surface area contributed by atoms with Gasteiger partial charge >= 0.3 is 0 Å². The largest absolute Gasteiger partial charge is 0.394 e. The summed E-state index contributed by atoms with van der Waals surface area (Å²) in [5.74, 6) is -0.167. The molecular weight excluding hydrogens is 135 g/mol. The lowest BCUT2D eigenvalue weighted by Gasteiger charge is -2.09. The monoisotopic (exact) mass is 148 g/mol. The Morgan fingerprint density at radius 3 is 2.30 bits per heavy atom. The molecule has 2 nitrogen and oxygen atoms in total. The number of alkyl halides is 1. The lowest BCUT2D eigenvalue weighted by molar-refractivity contribution is 0.00461. The number of halogens is 1. The van der Waals surface area contributed by atoms with Crippen LogP contribution < -0.4 is 0 Å². The van der Waals surface area contributed by atoms with Crippen molar-refractivity contribution in [2.24, 2.45) is 5.92 Å². The van der Waals surface area contributed by atoms with Crippen LogP contribution in [-0.4, -0.2) is 30.1 Å². The Labute approximate surface area is 60.0 Å². The molecule has 0 aromatic carbocycles. The molecule has 0 aromatic heterocycles. The molecule has 1 aliphatic heterocycles. The molecule has 60 valence electrons. The summed E-state index contributed by atoms with van der Waals surface area (Å²) in [6.45, 7) is 3.37. The zero-order chi connectivity index (χ0) is 7.72. The topological polar surface area (TPSA) is 29.5 Å². The Hall–Kier alpha value is -0.150. The molecule has 1 aliphatic rings. The van der Waals surface area contributed by atoms with E-state index in [2.05, 4.69) is 0 Å². The molecule has 4 unspecified atom stereocenters. The van der Waals surface area contributed by atoms with Gasteiger partial charge < -0.3 is 9.84 Å². The minimum atomic E-state index is -0.919. The quantitative estimate of drug-likeness (QED) is 0.594. The zero-order valence-electron chi connectivity index (χ0n) is 6.25. The fourth-order valence-corrected chi connectivity index (χ4v) is 1.32. The fraction of sp³-hybridized carbons (Fsp3) is 1.00. The van der Waals surface area contributed by atoms with Crippen molar-refractivity contribution in [2.75, 3.05) is 6.61 Å².